The number of nitrogens with one attached hydrogen (secondary N) is 2. The van der Waals surface area contributed by atoms with Gasteiger partial charge in [0.15, 0.2) is 0 Å². The van der Waals surface area contributed by atoms with E-state index in [2.05, 4.69) is 10.3 Å². The van der Waals surface area contributed by atoms with Gasteiger partial charge in [0, 0.05) is 35.7 Å². The van der Waals surface area contributed by atoms with Gasteiger partial charge in [0.25, 0.3) is 0 Å². The van der Waals surface area contributed by atoms with Gasteiger partial charge in [-0.3, -0.25) is 4.79 Å². The average molecular weight is 288 g/mol. The van der Waals surface area contributed by atoms with Crippen LogP contribution in [0.3, 0.4) is 0 Å². The third-order valence-corrected chi connectivity index (χ3v) is 4.28. The van der Waals surface area contributed by atoms with Gasteiger partial charge >= 0.3 is 0 Å². The predicted molar refractivity (Wildman–Crippen MR) is 79.8 cm³/mol. The number of aliphatic hydroxyl groups is 2. The second-order valence-electron chi connectivity index (χ2n) is 5.78. The molecule has 1 aromatic heterocycles. The molecule has 0 saturated heterocycles. The fourth-order valence-electron chi connectivity index (χ4n) is 3.15. The summed E-state index contributed by atoms with van der Waals surface area (Å²) >= 11 is 0. The first kappa shape index (κ1) is 14.1. The molecule has 0 spiro atoms. The molecule has 0 bridgehead atoms. The highest BCUT2D eigenvalue weighted by molar-refractivity contribution is 5.88. The van der Waals surface area contributed by atoms with Gasteiger partial charge in [-0.1, -0.05) is 18.2 Å². The minimum Gasteiger partial charge on any atom is -0.396 e. The summed E-state index contributed by atoms with van der Waals surface area (Å²) in [6.07, 6.45) is 2.82. The van der Waals surface area contributed by atoms with E-state index in [1.165, 1.54) is 0 Å². The zero-order chi connectivity index (χ0) is 14.8. The number of rotatable bonds is 4. The normalized spacial score (nSPS) is 25.3. The van der Waals surface area contributed by atoms with Gasteiger partial charge in [-0.2, -0.15) is 0 Å². The molecule has 4 N–H and O–H groups in total. The van der Waals surface area contributed by atoms with E-state index in [0.29, 0.717) is 19.3 Å². The van der Waals surface area contributed by atoms with E-state index in [1.54, 1.807) is 0 Å². The number of fused-ring (bicyclic) bond motifs is 1. The van der Waals surface area contributed by atoms with E-state index in [1.807, 2.05) is 30.5 Å². The highest BCUT2D eigenvalue weighted by Gasteiger charge is 2.33. The van der Waals surface area contributed by atoms with E-state index >= 15 is 0 Å². The number of carbonyl (C=O) groups excluding carboxylic acids is 1. The summed E-state index contributed by atoms with van der Waals surface area (Å²) in [5.41, 5.74) is 2.00. The number of H-pyrrole nitrogens is 1. The molecule has 5 nitrogen and oxygen atoms in total. The molecular weight excluding hydrogens is 268 g/mol. The monoisotopic (exact) mass is 288 g/mol. The third kappa shape index (κ3) is 2.94. The molecule has 1 amide bonds. The number of amides is 1. The highest BCUT2D eigenvalue weighted by atomic mass is 16.3. The van der Waals surface area contributed by atoms with Crippen LogP contribution in [-0.2, 0) is 11.2 Å². The topological polar surface area (TPSA) is 85.4 Å². The number of aliphatic hydroxyl groups excluding tert-OH is 2. The van der Waals surface area contributed by atoms with Gasteiger partial charge in [-0.25, -0.2) is 0 Å². The predicted octanol–water partition coefficient (Wildman–Crippen LogP) is 0.958. The summed E-state index contributed by atoms with van der Waals surface area (Å²) in [5, 5.41) is 22.9. The van der Waals surface area contributed by atoms with Crippen LogP contribution in [-0.4, -0.2) is 39.9 Å². The summed E-state index contributed by atoms with van der Waals surface area (Å²) < 4.78 is 0. The van der Waals surface area contributed by atoms with Crippen molar-refractivity contribution in [1.29, 1.82) is 0 Å². The molecule has 0 aliphatic heterocycles. The van der Waals surface area contributed by atoms with Crippen molar-refractivity contribution in [1.82, 2.24) is 10.3 Å². The average Bonchev–Trinajstić information content (AvgIpc) is 3.03. The standard InChI is InChI=1S/C16H20N2O3/c19-9-11-5-12(7-15(11)20)18-16(21)6-10-8-17-14-4-2-1-3-13(10)14/h1-4,8,11-12,15,17,19-20H,5-7,9H2,(H,18,21)/t11-,12-,15-/m1/s1. The van der Waals surface area contributed by atoms with E-state index in [0.717, 1.165) is 16.5 Å². The SMILES string of the molecule is O=C(Cc1c[nH]c2ccccc12)N[C@@H]1C[C@H](CO)[C@H](O)C1. The molecule has 1 aliphatic carbocycles. The molecule has 1 aromatic carbocycles. The molecule has 1 aliphatic rings. The molecule has 0 unspecified atom stereocenters. The molecule has 2 aromatic rings. The zero-order valence-corrected chi connectivity index (χ0v) is 11.7. The lowest BCUT2D eigenvalue weighted by molar-refractivity contribution is -0.121. The molecule has 1 fully saturated rings. The number of para-hydroxylation sites is 1. The second-order valence-corrected chi connectivity index (χ2v) is 5.78. The molecule has 0 radical (unpaired) electrons. The molecule has 112 valence electrons. The summed E-state index contributed by atoms with van der Waals surface area (Å²) in [7, 11) is 0. The van der Waals surface area contributed by atoms with Crippen LogP contribution in [0.5, 0.6) is 0 Å². The van der Waals surface area contributed by atoms with Gasteiger partial charge in [0.1, 0.15) is 0 Å². The molecule has 3 atom stereocenters. The number of hydrogen-bond donors (Lipinski definition) is 4. The molecular formula is C16H20N2O3. The number of benzene rings is 1. The first-order valence-corrected chi connectivity index (χ1v) is 7.30. The smallest absolute Gasteiger partial charge is 0.224 e. The van der Waals surface area contributed by atoms with E-state index in [4.69, 9.17) is 5.11 Å². The Hall–Kier alpha value is -1.85. The number of hydrogen-bond acceptors (Lipinski definition) is 3. The number of aromatic nitrogens is 1. The van der Waals surface area contributed by atoms with Crippen LogP contribution in [0.25, 0.3) is 10.9 Å². The molecule has 21 heavy (non-hydrogen) atoms. The first-order valence-electron chi connectivity index (χ1n) is 7.30. The van der Waals surface area contributed by atoms with Crippen LogP contribution >= 0.6 is 0 Å². The van der Waals surface area contributed by atoms with E-state index in [9.17, 15) is 9.90 Å². The molecule has 1 heterocycles. The zero-order valence-electron chi connectivity index (χ0n) is 11.7. The summed E-state index contributed by atoms with van der Waals surface area (Å²) in [6, 6.07) is 7.84. The van der Waals surface area contributed by atoms with Crippen LogP contribution < -0.4 is 5.32 Å². The van der Waals surface area contributed by atoms with Crippen molar-refractivity contribution < 1.29 is 15.0 Å². The number of carbonyl (C=O) groups is 1. The van der Waals surface area contributed by atoms with Gasteiger partial charge < -0.3 is 20.5 Å². The second kappa shape index (κ2) is 5.87. The Bertz CT molecular complexity index is 637. The van der Waals surface area contributed by atoms with Gasteiger partial charge in [-0.15, -0.1) is 0 Å². The lowest BCUT2D eigenvalue weighted by Crippen LogP contribution is -2.34. The fourth-order valence-corrected chi connectivity index (χ4v) is 3.15. The fraction of sp³-hybridized carbons (Fsp3) is 0.438. The Morgan fingerprint density at radius 1 is 1.33 bits per heavy atom. The lowest BCUT2D eigenvalue weighted by Gasteiger charge is -2.12. The first-order chi connectivity index (χ1) is 10.2. The van der Waals surface area contributed by atoms with Gasteiger partial charge in [0.2, 0.25) is 5.91 Å². The van der Waals surface area contributed by atoms with Crippen LogP contribution in [0, 0.1) is 5.92 Å². The van der Waals surface area contributed by atoms with E-state index in [-0.39, 0.29) is 24.5 Å². The molecule has 1 saturated carbocycles. The van der Waals surface area contributed by atoms with Crippen molar-refractivity contribution in [2.24, 2.45) is 5.92 Å². The van der Waals surface area contributed by atoms with Crippen molar-refractivity contribution in [3.8, 4) is 0 Å². The van der Waals surface area contributed by atoms with Crippen LogP contribution in [0.4, 0.5) is 0 Å². The van der Waals surface area contributed by atoms with Crippen LogP contribution in [0.1, 0.15) is 18.4 Å². The maximum Gasteiger partial charge on any atom is 0.224 e. The Labute approximate surface area is 123 Å². The lowest BCUT2D eigenvalue weighted by atomic mass is 10.1. The minimum atomic E-state index is -0.520. The summed E-state index contributed by atoms with van der Waals surface area (Å²) in [5.74, 6) is -0.168. The Morgan fingerprint density at radius 3 is 2.90 bits per heavy atom. The third-order valence-electron chi connectivity index (χ3n) is 4.28. The van der Waals surface area contributed by atoms with Gasteiger partial charge in [-0.05, 0) is 24.5 Å². The summed E-state index contributed by atoms with van der Waals surface area (Å²) in [4.78, 5) is 15.3. The van der Waals surface area contributed by atoms with Crippen LogP contribution in [0.15, 0.2) is 30.5 Å². The molecule has 3 rings (SSSR count). The quantitative estimate of drug-likeness (QED) is 0.676. The maximum atomic E-state index is 12.1. The summed E-state index contributed by atoms with van der Waals surface area (Å²) in [6.45, 7) is -0.0318. The van der Waals surface area contributed by atoms with Gasteiger partial charge in [0.05, 0.1) is 12.5 Å². The molecule has 5 heteroatoms. The Balaban J connectivity index is 1.62. The van der Waals surface area contributed by atoms with Crippen molar-refractivity contribution in [3.63, 3.8) is 0 Å². The Kier molecular flexibility index (Phi) is 3.94. The van der Waals surface area contributed by atoms with Crippen molar-refractivity contribution in [3.05, 3.63) is 36.0 Å². The van der Waals surface area contributed by atoms with Crippen molar-refractivity contribution >= 4 is 16.8 Å². The highest BCUT2D eigenvalue weighted by Crippen LogP contribution is 2.26. The van der Waals surface area contributed by atoms with Crippen molar-refractivity contribution in [2.75, 3.05) is 6.61 Å². The van der Waals surface area contributed by atoms with E-state index < -0.39 is 6.10 Å². The Morgan fingerprint density at radius 2 is 2.14 bits per heavy atom. The van der Waals surface area contributed by atoms with Crippen molar-refractivity contribution in [2.45, 2.75) is 31.4 Å². The number of aromatic amines is 1. The largest absolute Gasteiger partial charge is 0.396 e. The maximum absolute atomic E-state index is 12.1. The van der Waals surface area contributed by atoms with Crippen LogP contribution in [0.2, 0.25) is 0 Å². The minimum absolute atomic E-state index is 0.0318.